The average molecular weight is 439 g/mol. The Balaban J connectivity index is 1.70. The molecule has 0 unspecified atom stereocenters. The maximum Gasteiger partial charge on any atom is 0.262 e. The lowest BCUT2D eigenvalue weighted by molar-refractivity contribution is -0.118. The Morgan fingerprint density at radius 2 is 2.07 bits per heavy atom. The first kappa shape index (κ1) is 20.9. The lowest BCUT2D eigenvalue weighted by Gasteiger charge is -2.19. The number of halogens is 1. The van der Waals surface area contributed by atoms with Gasteiger partial charge in [0, 0.05) is 12.5 Å². The summed E-state index contributed by atoms with van der Waals surface area (Å²) in [5.74, 6) is -0.558. The summed E-state index contributed by atoms with van der Waals surface area (Å²) in [7, 11) is -3.86. The molecule has 29 heavy (non-hydrogen) atoms. The normalized spacial score (nSPS) is 13.1. The van der Waals surface area contributed by atoms with Gasteiger partial charge in [0.15, 0.2) is 16.4 Å². The van der Waals surface area contributed by atoms with Crippen LogP contribution in [0.25, 0.3) is 0 Å². The molecule has 10 heteroatoms. The van der Waals surface area contributed by atoms with E-state index in [1.807, 2.05) is 6.92 Å². The van der Waals surface area contributed by atoms with Gasteiger partial charge in [-0.15, -0.1) is 0 Å². The second-order valence-electron chi connectivity index (χ2n) is 6.16. The molecule has 2 N–H and O–H groups in total. The highest BCUT2D eigenvalue weighted by Gasteiger charge is 2.25. The fourth-order valence-electron chi connectivity index (χ4n) is 2.72. The van der Waals surface area contributed by atoms with Gasteiger partial charge in [0.1, 0.15) is 11.5 Å². The Morgan fingerprint density at radius 3 is 2.83 bits per heavy atom. The minimum Gasteiger partial charge on any atom is -0.492 e. The van der Waals surface area contributed by atoms with E-state index in [4.69, 9.17) is 21.1 Å². The number of rotatable bonds is 7. The number of benzene rings is 2. The number of hydrogen-bond acceptors (Lipinski definition) is 6. The number of ether oxygens (including phenoxy) is 2. The smallest absolute Gasteiger partial charge is 0.262 e. The summed E-state index contributed by atoms with van der Waals surface area (Å²) in [5, 5.41) is 5.15. The van der Waals surface area contributed by atoms with Gasteiger partial charge in [0.05, 0.1) is 33.7 Å². The van der Waals surface area contributed by atoms with Crippen molar-refractivity contribution in [3.63, 3.8) is 0 Å². The predicted octanol–water partition coefficient (Wildman–Crippen LogP) is 2.87. The molecule has 0 saturated carbocycles. The summed E-state index contributed by atoms with van der Waals surface area (Å²) in [6.07, 6.45) is -0.270. The fraction of sp³-hybridized carbons (Fsp3) is 0.263. The van der Waals surface area contributed by atoms with Crippen LogP contribution in [0.2, 0.25) is 5.02 Å². The van der Waals surface area contributed by atoms with Crippen LogP contribution in [-0.4, -0.2) is 39.2 Å². The van der Waals surface area contributed by atoms with Crippen LogP contribution in [0.15, 0.2) is 41.3 Å². The third-order valence-electron chi connectivity index (χ3n) is 4.06. The second kappa shape index (κ2) is 8.71. The molecule has 0 radical (unpaired) electrons. The first-order valence-corrected chi connectivity index (χ1v) is 10.8. The van der Waals surface area contributed by atoms with Crippen molar-refractivity contribution < 1.29 is 27.5 Å². The van der Waals surface area contributed by atoms with Gasteiger partial charge in [-0.05, 0) is 25.1 Å². The van der Waals surface area contributed by atoms with Crippen molar-refractivity contribution >= 4 is 44.6 Å². The summed E-state index contributed by atoms with van der Waals surface area (Å²) >= 11 is 6.09. The van der Waals surface area contributed by atoms with Crippen LogP contribution in [0.1, 0.15) is 13.3 Å². The molecule has 154 valence electrons. The van der Waals surface area contributed by atoms with Crippen LogP contribution in [-0.2, 0) is 19.4 Å². The van der Waals surface area contributed by atoms with Gasteiger partial charge in [-0.2, -0.15) is 0 Å². The number of fused-ring (bicyclic) bond motifs is 1. The number of para-hydroxylation sites is 2. The molecule has 2 aromatic carbocycles. The topological polar surface area (TPSA) is 111 Å². The maximum absolute atomic E-state index is 12.7. The van der Waals surface area contributed by atoms with Gasteiger partial charge < -0.3 is 20.1 Å². The van der Waals surface area contributed by atoms with Crippen molar-refractivity contribution in [3.8, 4) is 11.5 Å². The number of nitrogens with one attached hydrogen (secondary N) is 2. The molecule has 0 saturated heterocycles. The van der Waals surface area contributed by atoms with E-state index >= 15 is 0 Å². The summed E-state index contributed by atoms with van der Waals surface area (Å²) in [5.41, 5.74) is 0.767. The summed E-state index contributed by atoms with van der Waals surface area (Å²) in [6, 6.07) is 9.47. The van der Waals surface area contributed by atoms with Crippen molar-refractivity contribution in [1.29, 1.82) is 0 Å². The van der Waals surface area contributed by atoms with Crippen molar-refractivity contribution in [2.45, 2.75) is 18.2 Å². The van der Waals surface area contributed by atoms with E-state index < -0.39 is 21.5 Å². The van der Waals surface area contributed by atoms with Crippen LogP contribution >= 0.6 is 11.6 Å². The Labute approximate surface area is 173 Å². The number of carbonyl (C=O) groups excluding carboxylic acids is 2. The third-order valence-corrected chi connectivity index (χ3v) is 6.24. The summed E-state index contributed by atoms with van der Waals surface area (Å²) in [4.78, 5) is 23.5. The van der Waals surface area contributed by atoms with E-state index in [1.54, 1.807) is 24.3 Å². The lowest BCUT2D eigenvalue weighted by atomic mass is 10.2. The minimum atomic E-state index is -3.86. The molecule has 0 spiro atoms. The van der Waals surface area contributed by atoms with E-state index in [9.17, 15) is 18.0 Å². The molecular formula is C19H19ClN2O6S. The summed E-state index contributed by atoms with van der Waals surface area (Å²) in [6.45, 7) is 2.04. The number of anilines is 2. The zero-order chi connectivity index (χ0) is 21.0. The van der Waals surface area contributed by atoms with Crippen molar-refractivity contribution in [3.05, 3.63) is 41.4 Å². The van der Waals surface area contributed by atoms with Crippen molar-refractivity contribution in [1.82, 2.24) is 0 Å². The molecule has 1 aliphatic rings. The molecular weight excluding hydrogens is 420 g/mol. The van der Waals surface area contributed by atoms with Crippen LogP contribution in [0, 0.1) is 0 Å². The molecule has 2 aromatic rings. The number of sulfone groups is 1. The van der Waals surface area contributed by atoms with Gasteiger partial charge in [-0.25, -0.2) is 8.42 Å². The van der Waals surface area contributed by atoms with E-state index in [1.165, 1.54) is 12.1 Å². The lowest BCUT2D eigenvalue weighted by Crippen LogP contribution is -2.25. The van der Waals surface area contributed by atoms with Crippen molar-refractivity contribution in [2.24, 2.45) is 0 Å². The standard InChI is InChI=1S/C19H19ClN2O6S/c1-2-27-15-6-4-3-5-13(15)21-18(23)7-8-29(25,26)17-10-16-14(9-12(17)20)22-19(24)11-28-16/h3-6,9-10H,2,7-8,11H2,1H3,(H,21,23)(H,22,24). The van der Waals surface area contributed by atoms with Crippen LogP contribution in [0.5, 0.6) is 11.5 Å². The van der Waals surface area contributed by atoms with E-state index in [0.717, 1.165) is 0 Å². The Bertz CT molecular complexity index is 1050. The van der Waals surface area contributed by atoms with Crippen molar-refractivity contribution in [2.75, 3.05) is 29.6 Å². The van der Waals surface area contributed by atoms with E-state index in [0.29, 0.717) is 23.7 Å². The van der Waals surface area contributed by atoms with Gasteiger partial charge in [-0.3, -0.25) is 9.59 Å². The molecule has 1 heterocycles. The molecule has 3 rings (SSSR count). The second-order valence-corrected chi connectivity index (χ2v) is 8.65. The number of hydrogen-bond donors (Lipinski definition) is 2. The zero-order valence-electron chi connectivity index (χ0n) is 15.5. The summed E-state index contributed by atoms with van der Waals surface area (Å²) < 4.78 is 36.1. The fourth-order valence-corrected chi connectivity index (χ4v) is 4.55. The first-order valence-electron chi connectivity index (χ1n) is 8.81. The maximum atomic E-state index is 12.7. The van der Waals surface area contributed by atoms with Crippen LogP contribution in [0.3, 0.4) is 0 Å². The highest BCUT2D eigenvalue weighted by molar-refractivity contribution is 7.91. The van der Waals surface area contributed by atoms with Crippen LogP contribution in [0.4, 0.5) is 11.4 Å². The molecule has 0 atom stereocenters. The molecule has 0 aromatic heterocycles. The highest BCUT2D eigenvalue weighted by Crippen LogP contribution is 2.36. The first-order chi connectivity index (χ1) is 13.8. The number of amides is 2. The van der Waals surface area contributed by atoms with Gasteiger partial charge in [0.25, 0.3) is 5.91 Å². The highest BCUT2D eigenvalue weighted by atomic mass is 35.5. The van der Waals surface area contributed by atoms with E-state index in [-0.39, 0.29) is 34.6 Å². The van der Waals surface area contributed by atoms with E-state index in [2.05, 4.69) is 10.6 Å². The monoisotopic (exact) mass is 438 g/mol. The Kier molecular flexibility index (Phi) is 6.29. The molecule has 2 amide bonds. The molecule has 0 aliphatic carbocycles. The zero-order valence-corrected chi connectivity index (χ0v) is 17.1. The van der Waals surface area contributed by atoms with Gasteiger partial charge >= 0.3 is 0 Å². The molecule has 1 aliphatic heterocycles. The molecule has 0 fully saturated rings. The largest absolute Gasteiger partial charge is 0.492 e. The third kappa shape index (κ3) is 4.99. The number of carbonyl (C=O) groups is 2. The van der Waals surface area contributed by atoms with Gasteiger partial charge in [0.2, 0.25) is 5.91 Å². The minimum absolute atomic E-state index is 0.0587. The molecule has 8 nitrogen and oxygen atoms in total. The Morgan fingerprint density at radius 1 is 1.31 bits per heavy atom. The quantitative estimate of drug-likeness (QED) is 0.687. The Hall–Kier alpha value is -2.78. The SMILES string of the molecule is CCOc1ccccc1NC(=O)CCS(=O)(=O)c1cc2c(cc1Cl)NC(=O)CO2. The predicted molar refractivity (Wildman–Crippen MR) is 108 cm³/mol. The molecule has 0 bridgehead atoms. The van der Waals surface area contributed by atoms with Crippen LogP contribution < -0.4 is 20.1 Å². The van der Waals surface area contributed by atoms with Gasteiger partial charge in [-0.1, -0.05) is 23.7 Å². The average Bonchev–Trinajstić information content (AvgIpc) is 2.67.